The standard InChI is InChI=1S/C50B28S/c51-21-7(8-5-1-3-13(30(60)23(5)53)37(67)43(73)39(69)15(3)34(64)32(62)11(1)28(58)25(8)55)10(18-22(52)19-20-42(72)45(75)46(76)48(78)50(20)79-49(19)47(77)41(18)71)27(57)36(66)17(21)9-6-2-4-14(31(61)24(6)54)38(68)44(74)40(70)16(4)35(65)33(63)12(2)29(59)26(9)56. The lowest BCUT2D eigenvalue weighted by Gasteiger charge is -2.34. The van der Waals surface area contributed by atoms with E-state index in [1.807, 2.05) is 0 Å². The maximum absolute atomic E-state index is 7.81. The van der Waals surface area contributed by atoms with Gasteiger partial charge in [-0.2, -0.15) is 0 Å². The van der Waals surface area contributed by atoms with E-state index in [4.69, 9.17) is 220 Å². The first-order valence-electron chi connectivity index (χ1n) is 23.5. The van der Waals surface area contributed by atoms with E-state index in [2.05, 4.69) is 0 Å². The number of hydrogen-bond acceptors (Lipinski definition) is 1. The first-order valence-corrected chi connectivity index (χ1v) is 24.3. The molecule has 0 unspecified atom stereocenters. The smallest absolute Gasteiger partial charge is 0.115 e. The third-order valence-corrected chi connectivity index (χ3v) is 17.5. The first kappa shape index (κ1) is 55.1. The van der Waals surface area contributed by atoms with Crippen molar-refractivity contribution in [2.24, 2.45) is 0 Å². The van der Waals surface area contributed by atoms with Crippen LogP contribution in [0.1, 0.15) is 0 Å². The summed E-state index contributed by atoms with van der Waals surface area (Å²) < 4.78 is 0.751. The summed E-state index contributed by atoms with van der Waals surface area (Å²) >= 11 is 1.12. The summed E-state index contributed by atoms with van der Waals surface area (Å²) in [6.07, 6.45) is 0. The molecule has 0 nitrogen and oxygen atoms in total. The summed E-state index contributed by atoms with van der Waals surface area (Å²) in [5.74, 6) is 0. The molecule has 12 rings (SSSR count). The number of hydrogen-bond donors (Lipinski definition) is 0. The van der Waals surface area contributed by atoms with E-state index in [0.29, 0.717) is 14.8 Å². The highest BCUT2D eigenvalue weighted by atomic mass is 32.1. The van der Waals surface area contributed by atoms with Gasteiger partial charge in [-0.15, -0.1) is 33.2 Å². The molecule has 1 aromatic heterocycles. The minimum absolute atomic E-state index is 0.00567. The zero-order valence-corrected chi connectivity index (χ0v) is 42.4. The van der Waals surface area contributed by atoms with Gasteiger partial charge in [-0.1, -0.05) is 131 Å². The number of benzene rings is 11. The van der Waals surface area contributed by atoms with Gasteiger partial charge < -0.3 is 0 Å². The first-order chi connectivity index (χ1) is 37.0. The van der Waals surface area contributed by atoms with Crippen LogP contribution in [0.2, 0.25) is 0 Å². The molecular formula is C50B28S. The van der Waals surface area contributed by atoms with Crippen molar-refractivity contribution >= 4 is 469 Å². The van der Waals surface area contributed by atoms with Gasteiger partial charge in [0.05, 0.1) is 0 Å². The Morgan fingerprint density at radius 3 is 0.684 bits per heavy atom. The van der Waals surface area contributed by atoms with Gasteiger partial charge in [0.2, 0.25) is 0 Å². The summed E-state index contributed by atoms with van der Waals surface area (Å²) in [4.78, 5) is 0. The molecule has 0 atom stereocenters. The van der Waals surface area contributed by atoms with Crippen LogP contribution in [0.4, 0.5) is 0 Å². The van der Waals surface area contributed by atoms with Crippen LogP contribution < -0.4 is 153 Å². The lowest BCUT2D eigenvalue weighted by molar-refractivity contribution is 1.77. The topological polar surface area (TPSA) is 0 Å². The zero-order valence-electron chi connectivity index (χ0n) is 41.6. The molecule has 290 valence electrons. The van der Waals surface area contributed by atoms with Gasteiger partial charge in [-0.3, -0.25) is 0 Å². The lowest BCUT2D eigenvalue weighted by atomic mass is 9.55. The summed E-state index contributed by atoms with van der Waals surface area (Å²) in [7, 11) is 195. The Bertz CT molecular complexity index is 4930. The van der Waals surface area contributed by atoms with Crippen LogP contribution in [0.15, 0.2) is 0 Å². The Kier molecular flexibility index (Phi) is 12.6. The minimum atomic E-state index is -0.271. The van der Waals surface area contributed by atoms with Crippen LogP contribution in [0.25, 0.3) is 118 Å². The van der Waals surface area contributed by atoms with Gasteiger partial charge in [0, 0.05) is 9.40 Å². The van der Waals surface area contributed by atoms with Crippen LogP contribution >= 0.6 is 11.3 Å². The van der Waals surface area contributed by atoms with Gasteiger partial charge in [0.15, 0.2) is 0 Å². The molecule has 79 heavy (non-hydrogen) atoms. The summed E-state index contributed by atoms with van der Waals surface area (Å²) in [6, 6.07) is 0. The highest BCUT2D eigenvalue weighted by Crippen LogP contribution is 2.40. The fraction of sp³-hybridized carbons (Fsp3) is 0. The van der Waals surface area contributed by atoms with E-state index in [9.17, 15) is 0 Å². The van der Waals surface area contributed by atoms with Gasteiger partial charge in [-0.05, 0) is 109 Å². The normalized spacial score (nSPS) is 12.2. The van der Waals surface area contributed by atoms with Crippen molar-refractivity contribution in [1.29, 1.82) is 0 Å². The van der Waals surface area contributed by atoms with Crippen molar-refractivity contribution in [1.82, 2.24) is 0 Å². The monoisotopic (exact) mass is 940 g/mol. The van der Waals surface area contributed by atoms with E-state index in [-0.39, 0.29) is 256 Å². The Labute approximate surface area is 498 Å². The molecule has 0 saturated carbocycles. The summed E-state index contributed by atoms with van der Waals surface area (Å²) in [5, 5.41) is 2.72. The predicted octanol–water partition coefficient (Wildman–Crippen LogP) is -18.9. The second kappa shape index (κ2) is 18.0. The average molecular weight is 935 g/mol. The van der Waals surface area contributed by atoms with Gasteiger partial charge in [0.1, 0.15) is 220 Å². The Balaban J connectivity index is 1.39. The molecule has 29 heteroatoms. The second-order valence-electron chi connectivity index (χ2n) is 19.8. The fourth-order valence-electron chi connectivity index (χ4n) is 12.3. The molecule has 0 amide bonds. The minimum Gasteiger partial charge on any atom is -0.137 e. The number of thiophene rings is 1. The average Bonchev–Trinajstić information content (AvgIpc) is 2.63. The molecular weight excluding hydrogens is 935 g/mol. The van der Waals surface area contributed by atoms with Crippen molar-refractivity contribution in [3.63, 3.8) is 0 Å². The molecule has 0 aliphatic rings. The highest BCUT2D eigenvalue weighted by Gasteiger charge is 2.33. The van der Waals surface area contributed by atoms with Crippen molar-refractivity contribution < 1.29 is 0 Å². The molecule has 0 aliphatic carbocycles. The fourth-order valence-corrected chi connectivity index (χ4v) is 13.5. The SMILES string of the molecule is [B]c1c([B])c(-c2c([B])c([B])c3sc4c([B])c([B])c([B])c([B])c4c3c2[B])c(-c2c([B])c([B])c3c([B])c([B])c4c([B])c([B])c([B])c5c([B])c([B])c2c3c45)c([B])c1-c1c([B])c([B])c2c([B])c([B])c3c([B])c([B])c([B])c4c([B])c([B])c1c2c34. The molecule has 0 saturated heterocycles. The molecule has 56 radical (unpaired) electrons. The van der Waals surface area contributed by atoms with Crippen molar-refractivity contribution in [2.75, 3.05) is 0 Å². The van der Waals surface area contributed by atoms with Gasteiger partial charge >= 0.3 is 0 Å². The van der Waals surface area contributed by atoms with E-state index in [1.54, 1.807) is 0 Å². The summed E-state index contributed by atoms with van der Waals surface area (Å²) in [5.41, 5.74) is -2.60. The highest BCUT2D eigenvalue weighted by molar-refractivity contribution is 7.28. The van der Waals surface area contributed by atoms with E-state index >= 15 is 0 Å². The van der Waals surface area contributed by atoms with E-state index in [1.165, 1.54) is 0 Å². The predicted molar refractivity (Wildman–Crippen MR) is 374 cm³/mol. The maximum Gasteiger partial charge on any atom is 0.115 e. The largest absolute Gasteiger partial charge is 0.137 e. The van der Waals surface area contributed by atoms with E-state index in [0.717, 1.165) is 11.3 Å². The Hall–Kier alpha value is -4.46. The van der Waals surface area contributed by atoms with Crippen LogP contribution in [0.3, 0.4) is 0 Å². The third-order valence-electron chi connectivity index (χ3n) is 16.2. The molecule has 11 aromatic carbocycles. The second-order valence-corrected chi connectivity index (χ2v) is 20.9. The lowest BCUT2D eigenvalue weighted by Crippen LogP contribution is -2.49. The Morgan fingerprint density at radius 2 is 0.304 bits per heavy atom. The van der Waals surface area contributed by atoms with E-state index < -0.39 is 0 Å². The van der Waals surface area contributed by atoms with Crippen LogP contribution in [0, 0.1) is 0 Å². The van der Waals surface area contributed by atoms with Crippen molar-refractivity contribution in [2.45, 2.75) is 0 Å². The molecule has 12 aromatic rings. The number of rotatable bonds is 3. The third kappa shape index (κ3) is 6.56. The van der Waals surface area contributed by atoms with Gasteiger partial charge in [0.25, 0.3) is 0 Å². The van der Waals surface area contributed by atoms with Crippen molar-refractivity contribution in [3.8, 4) is 33.4 Å². The zero-order chi connectivity index (χ0) is 57.6. The van der Waals surface area contributed by atoms with Gasteiger partial charge in [-0.25, -0.2) is 0 Å². The number of fused-ring (bicyclic) bond motifs is 3. The molecule has 0 N–H and O–H groups in total. The van der Waals surface area contributed by atoms with Crippen LogP contribution in [-0.4, -0.2) is 220 Å². The van der Waals surface area contributed by atoms with Crippen molar-refractivity contribution in [3.05, 3.63) is 0 Å². The molecule has 0 bridgehead atoms. The molecule has 0 aliphatic heterocycles. The molecule has 0 fully saturated rings. The molecule has 0 spiro atoms. The maximum atomic E-state index is 7.81. The van der Waals surface area contributed by atoms with Crippen LogP contribution in [0.5, 0.6) is 0 Å². The molecule has 1 heterocycles. The quantitative estimate of drug-likeness (QED) is 0.122. The summed E-state index contributed by atoms with van der Waals surface area (Å²) in [6.45, 7) is 0. The Morgan fingerprint density at radius 1 is 0.114 bits per heavy atom. The van der Waals surface area contributed by atoms with Crippen LogP contribution in [-0.2, 0) is 0 Å².